The van der Waals surface area contributed by atoms with Crippen LogP contribution in [-0.4, -0.2) is 0 Å². The molecule has 1 heterocycles. The predicted molar refractivity (Wildman–Crippen MR) is 201 cm³/mol. The maximum Gasteiger partial charge on any atom is 0.143 e. The van der Waals surface area contributed by atoms with Crippen molar-refractivity contribution in [3.8, 4) is 22.3 Å². The third-order valence-electron chi connectivity index (χ3n) is 11.2. The molecule has 0 saturated carbocycles. The SMILES string of the molecule is CC1(C)c2ccccc2-c2ccc(N(c3ccccc3)c3ccc4c(c3)oc3c5ccccc5c5c(c43)C(C)(C)c3ccccc3-5)cc21. The van der Waals surface area contributed by atoms with E-state index in [1.54, 1.807) is 0 Å². The number of nitrogens with zero attached hydrogens (tertiary/aromatic N) is 1. The lowest BCUT2D eigenvalue weighted by Crippen LogP contribution is -2.16. The topological polar surface area (TPSA) is 16.4 Å². The van der Waals surface area contributed by atoms with Crippen molar-refractivity contribution in [2.45, 2.75) is 38.5 Å². The molecule has 0 unspecified atom stereocenters. The quantitative estimate of drug-likeness (QED) is 0.196. The zero-order valence-electron chi connectivity index (χ0n) is 27.6. The van der Waals surface area contributed by atoms with E-state index in [1.165, 1.54) is 55.3 Å². The summed E-state index contributed by atoms with van der Waals surface area (Å²) in [6.45, 7) is 9.42. The molecule has 0 fully saturated rings. The predicted octanol–water partition coefficient (Wildman–Crippen LogP) is 12.8. The van der Waals surface area contributed by atoms with E-state index in [0.717, 1.165) is 39.0 Å². The number of para-hydroxylation sites is 1. The van der Waals surface area contributed by atoms with Gasteiger partial charge in [0.1, 0.15) is 11.2 Å². The van der Waals surface area contributed by atoms with E-state index in [9.17, 15) is 0 Å². The molecule has 0 saturated heterocycles. The van der Waals surface area contributed by atoms with Crippen LogP contribution in [0.5, 0.6) is 0 Å². The minimum absolute atomic E-state index is 0.0845. The molecule has 10 rings (SSSR count). The maximum atomic E-state index is 6.97. The second kappa shape index (κ2) is 9.49. The van der Waals surface area contributed by atoms with Crippen molar-refractivity contribution in [1.82, 2.24) is 0 Å². The van der Waals surface area contributed by atoms with E-state index >= 15 is 0 Å². The second-order valence-electron chi connectivity index (χ2n) is 14.5. The molecule has 0 atom stereocenters. The third-order valence-corrected chi connectivity index (χ3v) is 11.2. The van der Waals surface area contributed by atoms with E-state index in [4.69, 9.17) is 4.42 Å². The van der Waals surface area contributed by atoms with Crippen molar-refractivity contribution >= 4 is 49.8 Å². The molecule has 7 aromatic carbocycles. The molecule has 0 N–H and O–H groups in total. The molecule has 2 heteroatoms. The first-order valence-corrected chi connectivity index (χ1v) is 16.9. The van der Waals surface area contributed by atoms with Crippen LogP contribution in [-0.2, 0) is 10.8 Å². The molecule has 0 aliphatic heterocycles. The fourth-order valence-corrected chi connectivity index (χ4v) is 8.96. The van der Waals surface area contributed by atoms with Gasteiger partial charge in [0, 0.05) is 50.1 Å². The zero-order valence-corrected chi connectivity index (χ0v) is 27.6. The highest BCUT2D eigenvalue weighted by Crippen LogP contribution is 2.56. The Morgan fingerprint density at radius 2 is 1.06 bits per heavy atom. The minimum atomic E-state index is -0.158. The molecule has 2 aliphatic rings. The fourth-order valence-electron chi connectivity index (χ4n) is 8.96. The van der Waals surface area contributed by atoms with Crippen molar-refractivity contribution in [2.24, 2.45) is 0 Å². The summed E-state index contributed by atoms with van der Waals surface area (Å²) in [5, 5.41) is 4.81. The molecule has 8 aromatic rings. The molecule has 1 aromatic heterocycles. The Labute approximate surface area is 280 Å². The molecular formula is C46H35NO. The first kappa shape index (κ1) is 27.5. The smallest absolute Gasteiger partial charge is 0.143 e. The standard InChI is InChI=1S/C46H35NO/c1-45(2)37-20-12-10-16-31(37)32-24-22-29(26-39(32)45)47(28-14-6-5-7-15-28)30-23-25-36-40(27-30)48-44-34-18-9-8-17-33(34)41-35-19-11-13-21-38(35)46(3,4)43(41)42(36)44/h5-27H,1-4H3. The number of fused-ring (bicyclic) bond motifs is 13. The van der Waals surface area contributed by atoms with Gasteiger partial charge in [-0.2, -0.15) is 0 Å². The Morgan fingerprint density at radius 3 is 1.85 bits per heavy atom. The van der Waals surface area contributed by atoms with Crippen molar-refractivity contribution in [1.29, 1.82) is 0 Å². The van der Waals surface area contributed by atoms with Gasteiger partial charge in [0.2, 0.25) is 0 Å². The summed E-state index contributed by atoms with van der Waals surface area (Å²) in [5.41, 5.74) is 15.8. The van der Waals surface area contributed by atoms with E-state index in [-0.39, 0.29) is 10.8 Å². The second-order valence-corrected chi connectivity index (χ2v) is 14.5. The van der Waals surface area contributed by atoms with Gasteiger partial charge in [-0.3, -0.25) is 0 Å². The lowest BCUT2D eigenvalue weighted by Gasteiger charge is -2.28. The van der Waals surface area contributed by atoms with Crippen LogP contribution in [0.2, 0.25) is 0 Å². The van der Waals surface area contributed by atoms with Gasteiger partial charge < -0.3 is 9.32 Å². The summed E-state index contributed by atoms with van der Waals surface area (Å²) in [7, 11) is 0. The maximum absolute atomic E-state index is 6.97. The van der Waals surface area contributed by atoms with Gasteiger partial charge in [-0.15, -0.1) is 0 Å². The number of benzene rings is 7. The molecule has 2 aliphatic carbocycles. The molecule has 2 nitrogen and oxygen atoms in total. The van der Waals surface area contributed by atoms with E-state index in [2.05, 4.69) is 172 Å². The zero-order chi connectivity index (χ0) is 32.4. The van der Waals surface area contributed by atoms with Crippen molar-refractivity contribution in [3.05, 3.63) is 162 Å². The Bertz CT molecular complexity index is 2620. The largest absolute Gasteiger partial charge is 0.455 e. The van der Waals surface area contributed by atoms with Gasteiger partial charge in [0.15, 0.2) is 0 Å². The highest BCUT2D eigenvalue weighted by atomic mass is 16.3. The summed E-state index contributed by atoms with van der Waals surface area (Å²) in [6, 6.07) is 51.0. The van der Waals surface area contributed by atoms with Gasteiger partial charge in [0.25, 0.3) is 0 Å². The van der Waals surface area contributed by atoms with Crippen molar-refractivity contribution in [3.63, 3.8) is 0 Å². The fraction of sp³-hybridized carbons (Fsp3) is 0.130. The van der Waals surface area contributed by atoms with Gasteiger partial charge in [0.05, 0.1) is 0 Å². The number of anilines is 3. The van der Waals surface area contributed by atoms with E-state index in [1.807, 2.05) is 0 Å². The van der Waals surface area contributed by atoms with Gasteiger partial charge in [-0.1, -0.05) is 125 Å². The summed E-state index contributed by atoms with van der Waals surface area (Å²) < 4.78 is 6.97. The van der Waals surface area contributed by atoms with E-state index < -0.39 is 0 Å². The Kier molecular flexibility index (Phi) is 5.44. The van der Waals surface area contributed by atoms with Gasteiger partial charge in [-0.25, -0.2) is 0 Å². The lowest BCUT2D eigenvalue weighted by molar-refractivity contribution is 0.659. The van der Waals surface area contributed by atoms with Crippen LogP contribution in [0.3, 0.4) is 0 Å². The van der Waals surface area contributed by atoms with Crippen LogP contribution in [0.4, 0.5) is 17.1 Å². The summed E-state index contributed by atoms with van der Waals surface area (Å²) in [6.07, 6.45) is 0. The monoisotopic (exact) mass is 617 g/mol. The lowest BCUT2D eigenvalue weighted by atomic mass is 9.79. The highest BCUT2D eigenvalue weighted by molar-refractivity contribution is 6.23. The first-order chi connectivity index (χ1) is 23.3. The van der Waals surface area contributed by atoms with Crippen molar-refractivity contribution < 1.29 is 4.42 Å². The molecule has 0 amide bonds. The van der Waals surface area contributed by atoms with Crippen LogP contribution in [0.15, 0.2) is 144 Å². The Balaban J connectivity index is 1.22. The summed E-state index contributed by atoms with van der Waals surface area (Å²) in [4.78, 5) is 2.37. The van der Waals surface area contributed by atoms with Crippen LogP contribution in [0.25, 0.3) is 55.0 Å². The summed E-state index contributed by atoms with van der Waals surface area (Å²) >= 11 is 0. The van der Waals surface area contributed by atoms with E-state index in [0.29, 0.717) is 0 Å². The average Bonchev–Trinajstić information content (AvgIpc) is 3.69. The van der Waals surface area contributed by atoms with Gasteiger partial charge >= 0.3 is 0 Å². The molecule has 0 spiro atoms. The highest BCUT2D eigenvalue weighted by Gasteiger charge is 2.40. The molecular weight excluding hydrogens is 583 g/mol. The Hall–Kier alpha value is -5.60. The van der Waals surface area contributed by atoms with Crippen molar-refractivity contribution in [2.75, 3.05) is 4.90 Å². The van der Waals surface area contributed by atoms with Crippen LogP contribution in [0.1, 0.15) is 49.9 Å². The molecule has 48 heavy (non-hydrogen) atoms. The average molecular weight is 618 g/mol. The molecule has 230 valence electrons. The van der Waals surface area contributed by atoms with Gasteiger partial charge in [-0.05, 0) is 86.3 Å². The molecule has 0 radical (unpaired) electrons. The van der Waals surface area contributed by atoms with Crippen LogP contribution < -0.4 is 4.90 Å². The normalized spacial score (nSPS) is 15.0. The minimum Gasteiger partial charge on any atom is -0.455 e. The Morgan fingerprint density at radius 1 is 0.458 bits per heavy atom. The third kappa shape index (κ3) is 3.52. The summed E-state index contributed by atoms with van der Waals surface area (Å²) in [5.74, 6) is 0. The molecule has 0 bridgehead atoms. The number of hydrogen-bond acceptors (Lipinski definition) is 2. The van der Waals surface area contributed by atoms with Crippen LogP contribution in [0, 0.1) is 0 Å². The van der Waals surface area contributed by atoms with Crippen LogP contribution >= 0.6 is 0 Å². The first-order valence-electron chi connectivity index (χ1n) is 16.9. The number of furan rings is 1. The number of hydrogen-bond donors (Lipinski definition) is 0. The number of rotatable bonds is 3.